The first kappa shape index (κ1) is 14.9. The Bertz CT molecular complexity index is 469. The van der Waals surface area contributed by atoms with Gasteiger partial charge in [-0.25, -0.2) is 0 Å². The number of aryl methyl sites for hydroxylation is 1. The zero-order valence-corrected chi connectivity index (χ0v) is 13.1. The number of hydrogen-bond acceptors (Lipinski definition) is 2. The van der Waals surface area contributed by atoms with Crippen LogP contribution in [-0.4, -0.2) is 42.2 Å². The van der Waals surface area contributed by atoms with Crippen molar-refractivity contribution in [1.82, 2.24) is 10.2 Å². The van der Waals surface area contributed by atoms with E-state index in [9.17, 15) is 0 Å². The van der Waals surface area contributed by atoms with Crippen LogP contribution < -0.4 is 10.2 Å². The van der Waals surface area contributed by atoms with Gasteiger partial charge in [-0.3, -0.25) is 0 Å². The summed E-state index contributed by atoms with van der Waals surface area (Å²) in [5.41, 5.74) is 2.60. The van der Waals surface area contributed by atoms with E-state index in [1.807, 2.05) is 6.08 Å². The molecule has 0 saturated carbocycles. The molecule has 0 aliphatic carbocycles. The van der Waals surface area contributed by atoms with E-state index in [-0.39, 0.29) is 0 Å². The summed E-state index contributed by atoms with van der Waals surface area (Å²) in [5, 5.41) is 4.04. The molecule has 1 heterocycles. The molecule has 1 N–H and O–H groups in total. The minimum absolute atomic E-state index is 0.454. The van der Waals surface area contributed by atoms with Crippen LogP contribution in [0.1, 0.15) is 12.5 Å². The SMILES string of the molecule is C=CCNC(=S)N1CCN(c2ccc(C)cc2)[C@H](C)C1. The monoisotopic (exact) mass is 289 g/mol. The lowest BCUT2D eigenvalue weighted by molar-refractivity contribution is 0.335. The Labute approximate surface area is 127 Å². The van der Waals surface area contributed by atoms with Crippen LogP contribution in [0, 0.1) is 6.92 Å². The molecule has 0 aromatic heterocycles. The first-order valence-corrected chi connectivity index (χ1v) is 7.49. The van der Waals surface area contributed by atoms with Crippen molar-refractivity contribution in [1.29, 1.82) is 0 Å². The maximum Gasteiger partial charge on any atom is 0.169 e. The molecule has 0 amide bonds. The average molecular weight is 289 g/mol. The molecule has 1 aliphatic heterocycles. The zero-order chi connectivity index (χ0) is 14.5. The number of rotatable bonds is 3. The highest BCUT2D eigenvalue weighted by atomic mass is 32.1. The molecule has 1 atom stereocenters. The third-order valence-corrected chi connectivity index (χ3v) is 4.08. The van der Waals surface area contributed by atoms with Crippen molar-refractivity contribution >= 4 is 23.0 Å². The molecule has 1 fully saturated rings. The van der Waals surface area contributed by atoms with Gasteiger partial charge in [-0.15, -0.1) is 6.58 Å². The molecule has 1 aromatic carbocycles. The van der Waals surface area contributed by atoms with Crippen molar-refractivity contribution in [3.8, 4) is 0 Å². The van der Waals surface area contributed by atoms with Crippen molar-refractivity contribution < 1.29 is 0 Å². The lowest BCUT2D eigenvalue weighted by atomic mass is 10.1. The summed E-state index contributed by atoms with van der Waals surface area (Å²) in [7, 11) is 0. The lowest BCUT2D eigenvalue weighted by Gasteiger charge is -2.42. The second kappa shape index (κ2) is 6.75. The summed E-state index contributed by atoms with van der Waals surface area (Å²) >= 11 is 5.41. The van der Waals surface area contributed by atoms with Gasteiger partial charge in [0, 0.05) is 37.9 Å². The van der Waals surface area contributed by atoms with Gasteiger partial charge in [0.2, 0.25) is 0 Å². The smallest absolute Gasteiger partial charge is 0.169 e. The normalized spacial score (nSPS) is 18.8. The highest BCUT2D eigenvalue weighted by Crippen LogP contribution is 2.21. The summed E-state index contributed by atoms with van der Waals surface area (Å²) in [6.07, 6.45) is 1.83. The van der Waals surface area contributed by atoms with E-state index in [0.29, 0.717) is 6.04 Å². The Balaban J connectivity index is 1.97. The van der Waals surface area contributed by atoms with Gasteiger partial charge in [0.15, 0.2) is 5.11 Å². The highest BCUT2D eigenvalue weighted by molar-refractivity contribution is 7.80. The van der Waals surface area contributed by atoms with E-state index in [2.05, 4.69) is 59.8 Å². The van der Waals surface area contributed by atoms with E-state index in [4.69, 9.17) is 12.2 Å². The molecule has 1 aromatic rings. The topological polar surface area (TPSA) is 18.5 Å². The van der Waals surface area contributed by atoms with Crippen molar-refractivity contribution in [3.05, 3.63) is 42.5 Å². The molecule has 108 valence electrons. The van der Waals surface area contributed by atoms with Gasteiger partial charge in [-0.2, -0.15) is 0 Å². The van der Waals surface area contributed by atoms with Crippen LogP contribution in [0.2, 0.25) is 0 Å². The number of nitrogens with zero attached hydrogens (tertiary/aromatic N) is 2. The van der Waals surface area contributed by atoms with Crippen LogP contribution in [0.3, 0.4) is 0 Å². The van der Waals surface area contributed by atoms with Gasteiger partial charge in [-0.1, -0.05) is 23.8 Å². The fraction of sp³-hybridized carbons (Fsp3) is 0.438. The second-order valence-electron chi connectivity index (χ2n) is 5.30. The van der Waals surface area contributed by atoms with Crippen LogP contribution in [-0.2, 0) is 0 Å². The third-order valence-electron chi connectivity index (χ3n) is 3.68. The molecule has 0 unspecified atom stereocenters. The van der Waals surface area contributed by atoms with Crippen molar-refractivity contribution in [2.24, 2.45) is 0 Å². The van der Waals surface area contributed by atoms with Gasteiger partial charge in [0.1, 0.15) is 0 Å². The van der Waals surface area contributed by atoms with Crippen molar-refractivity contribution in [2.45, 2.75) is 19.9 Å². The number of hydrogen-bond donors (Lipinski definition) is 1. The molecule has 0 radical (unpaired) electrons. The van der Waals surface area contributed by atoms with Crippen LogP contribution >= 0.6 is 12.2 Å². The minimum atomic E-state index is 0.454. The summed E-state index contributed by atoms with van der Waals surface area (Å²) in [6.45, 7) is 11.7. The number of thiocarbonyl (C=S) groups is 1. The molecular formula is C16H23N3S. The predicted octanol–water partition coefficient (Wildman–Crippen LogP) is 2.57. The van der Waals surface area contributed by atoms with Crippen LogP contribution in [0.15, 0.2) is 36.9 Å². The van der Waals surface area contributed by atoms with Gasteiger partial charge < -0.3 is 15.1 Å². The standard InChI is InChI=1S/C16H23N3S/c1-4-9-17-16(20)18-10-11-19(14(3)12-18)15-7-5-13(2)6-8-15/h4-8,14H,1,9-12H2,2-3H3,(H,17,20)/t14-/m1/s1. The van der Waals surface area contributed by atoms with E-state index in [1.54, 1.807) is 0 Å². The van der Waals surface area contributed by atoms with E-state index >= 15 is 0 Å². The summed E-state index contributed by atoms with van der Waals surface area (Å²) in [6, 6.07) is 9.20. The Kier molecular flexibility index (Phi) is 5.01. The molecular weight excluding hydrogens is 266 g/mol. The second-order valence-corrected chi connectivity index (χ2v) is 5.69. The Morgan fingerprint density at radius 1 is 1.40 bits per heavy atom. The summed E-state index contributed by atoms with van der Waals surface area (Å²) < 4.78 is 0. The Morgan fingerprint density at radius 3 is 2.70 bits per heavy atom. The largest absolute Gasteiger partial charge is 0.365 e. The van der Waals surface area contributed by atoms with Gasteiger partial charge in [0.05, 0.1) is 0 Å². The van der Waals surface area contributed by atoms with Gasteiger partial charge in [0.25, 0.3) is 0 Å². The molecule has 4 heteroatoms. The van der Waals surface area contributed by atoms with Crippen molar-refractivity contribution in [3.63, 3.8) is 0 Å². The summed E-state index contributed by atoms with van der Waals surface area (Å²) in [4.78, 5) is 4.69. The fourth-order valence-electron chi connectivity index (χ4n) is 2.53. The third kappa shape index (κ3) is 3.51. The Morgan fingerprint density at radius 2 is 2.10 bits per heavy atom. The van der Waals surface area contributed by atoms with Crippen molar-refractivity contribution in [2.75, 3.05) is 31.1 Å². The number of nitrogens with one attached hydrogen (secondary N) is 1. The lowest BCUT2D eigenvalue weighted by Crippen LogP contribution is -2.55. The maximum absolute atomic E-state index is 5.41. The number of piperazine rings is 1. The Hall–Kier alpha value is -1.55. The molecule has 3 nitrogen and oxygen atoms in total. The molecule has 0 spiro atoms. The molecule has 2 rings (SSSR count). The number of benzene rings is 1. The van der Waals surface area contributed by atoms with Crippen LogP contribution in [0.25, 0.3) is 0 Å². The minimum Gasteiger partial charge on any atom is -0.365 e. The molecule has 0 bridgehead atoms. The maximum atomic E-state index is 5.41. The van der Waals surface area contributed by atoms with E-state index in [1.165, 1.54) is 11.3 Å². The first-order valence-electron chi connectivity index (χ1n) is 7.09. The molecule has 1 aliphatic rings. The van der Waals surface area contributed by atoms with E-state index in [0.717, 1.165) is 31.3 Å². The molecule has 20 heavy (non-hydrogen) atoms. The van der Waals surface area contributed by atoms with E-state index < -0.39 is 0 Å². The zero-order valence-electron chi connectivity index (χ0n) is 12.3. The van der Waals surface area contributed by atoms with Crippen LogP contribution in [0.4, 0.5) is 5.69 Å². The average Bonchev–Trinajstić information content (AvgIpc) is 2.46. The first-order chi connectivity index (χ1) is 9.61. The van der Waals surface area contributed by atoms with Gasteiger partial charge in [-0.05, 0) is 38.2 Å². The predicted molar refractivity (Wildman–Crippen MR) is 90.4 cm³/mol. The summed E-state index contributed by atoms with van der Waals surface area (Å²) in [5.74, 6) is 0. The highest BCUT2D eigenvalue weighted by Gasteiger charge is 2.24. The number of anilines is 1. The van der Waals surface area contributed by atoms with Crippen LogP contribution in [0.5, 0.6) is 0 Å². The van der Waals surface area contributed by atoms with Gasteiger partial charge >= 0.3 is 0 Å². The quantitative estimate of drug-likeness (QED) is 0.680. The molecule has 1 saturated heterocycles. The fourth-order valence-corrected chi connectivity index (χ4v) is 2.78.